The molecule has 0 fully saturated rings. The number of anilines is 1. The Morgan fingerprint density at radius 2 is 2.42 bits per heavy atom. The standard InChI is InChI=1S/C11H15N3O5/c1-19-6-2-3-9(11(15)16)13-10-7-8(14(17)18)4-5-12-10/h4-5,7,9H,2-3,6H2,1H3,(H,12,13)(H,15,16). The van der Waals surface area contributed by atoms with Crippen LogP contribution in [0.5, 0.6) is 0 Å². The second-order valence-corrected chi connectivity index (χ2v) is 3.83. The second-order valence-electron chi connectivity index (χ2n) is 3.83. The highest BCUT2D eigenvalue weighted by Gasteiger charge is 2.18. The molecule has 1 aromatic heterocycles. The molecule has 0 radical (unpaired) electrons. The summed E-state index contributed by atoms with van der Waals surface area (Å²) >= 11 is 0. The molecule has 1 heterocycles. The normalized spacial score (nSPS) is 11.8. The third-order valence-electron chi connectivity index (χ3n) is 2.42. The van der Waals surface area contributed by atoms with Crippen LogP contribution in [0.3, 0.4) is 0 Å². The molecule has 0 aliphatic carbocycles. The van der Waals surface area contributed by atoms with Crippen molar-refractivity contribution in [2.24, 2.45) is 0 Å². The molecule has 0 bridgehead atoms. The van der Waals surface area contributed by atoms with Crippen LogP contribution in [0, 0.1) is 10.1 Å². The van der Waals surface area contributed by atoms with Gasteiger partial charge in [-0.15, -0.1) is 0 Å². The first-order valence-corrected chi connectivity index (χ1v) is 5.63. The van der Waals surface area contributed by atoms with Crippen molar-refractivity contribution in [1.29, 1.82) is 0 Å². The average molecular weight is 269 g/mol. The number of nitrogens with one attached hydrogen (secondary N) is 1. The lowest BCUT2D eigenvalue weighted by atomic mass is 10.1. The molecule has 0 aliphatic rings. The second kappa shape index (κ2) is 7.27. The van der Waals surface area contributed by atoms with Gasteiger partial charge >= 0.3 is 5.97 Å². The van der Waals surface area contributed by atoms with Gasteiger partial charge in [0.05, 0.1) is 11.0 Å². The number of carboxylic acid groups (broad SMARTS) is 1. The minimum atomic E-state index is -1.04. The zero-order valence-electron chi connectivity index (χ0n) is 10.4. The number of nitro groups is 1. The van der Waals surface area contributed by atoms with E-state index in [2.05, 4.69) is 10.3 Å². The Balaban J connectivity index is 2.70. The van der Waals surface area contributed by atoms with Gasteiger partial charge in [-0.3, -0.25) is 10.1 Å². The molecule has 2 N–H and O–H groups in total. The molecule has 8 heteroatoms. The average Bonchev–Trinajstić information content (AvgIpc) is 2.38. The molecule has 0 amide bonds. The molecule has 8 nitrogen and oxygen atoms in total. The lowest BCUT2D eigenvalue weighted by Gasteiger charge is -2.14. The van der Waals surface area contributed by atoms with E-state index >= 15 is 0 Å². The minimum absolute atomic E-state index is 0.140. The van der Waals surface area contributed by atoms with Gasteiger partial charge in [0.2, 0.25) is 0 Å². The highest BCUT2D eigenvalue weighted by Crippen LogP contribution is 2.16. The molecule has 104 valence electrons. The first kappa shape index (κ1) is 14.8. The van der Waals surface area contributed by atoms with Crippen molar-refractivity contribution < 1.29 is 19.6 Å². The van der Waals surface area contributed by atoms with Gasteiger partial charge in [-0.25, -0.2) is 9.78 Å². The molecular weight excluding hydrogens is 254 g/mol. The predicted octanol–water partition coefficient (Wildman–Crippen LogP) is 1.28. The van der Waals surface area contributed by atoms with Crippen molar-refractivity contribution >= 4 is 17.5 Å². The van der Waals surface area contributed by atoms with E-state index in [-0.39, 0.29) is 11.5 Å². The lowest BCUT2D eigenvalue weighted by Crippen LogP contribution is -2.29. The smallest absolute Gasteiger partial charge is 0.326 e. The van der Waals surface area contributed by atoms with Crippen molar-refractivity contribution in [3.8, 4) is 0 Å². The van der Waals surface area contributed by atoms with E-state index in [4.69, 9.17) is 9.84 Å². The first-order chi connectivity index (χ1) is 9.04. The van der Waals surface area contributed by atoms with Crippen LogP contribution < -0.4 is 5.32 Å². The molecular formula is C11H15N3O5. The number of hydrogen-bond donors (Lipinski definition) is 2. The Morgan fingerprint density at radius 1 is 1.68 bits per heavy atom. The van der Waals surface area contributed by atoms with Crippen LogP contribution in [0.15, 0.2) is 18.3 Å². The number of carbonyl (C=O) groups is 1. The summed E-state index contributed by atoms with van der Waals surface area (Å²) in [7, 11) is 1.53. The van der Waals surface area contributed by atoms with E-state index in [0.717, 1.165) is 0 Å². The van der Waals surface area contributed by atoms with Crippen LogP contribution in [-0.4, -0.2) is 40.7 Å². The number of hydrogen-bond acceptors (Lipinski definition) is 6. The summed E-state index contributed by atoms with van der Waals surface area (Å²) in [6.07, 6.45) is 2.16. The van der Waals surface area contributed by atoms with Crippen LogP contribution in [-0.2, 0) is 9.53 Å². The Hall–Kier alpha value is -2.22. The molecule has 0 aliphatic heterocycles. The molecule has 0 spiro atoms. The molecule has 1 atom stereocenters. The van der Waals surface area contributed by atoms with Gasteiger partial charge in [0.1, 0.15) is 11.9 Å². The van der Waals surface area contributed by atoms with E-state index in [1.165, 1.54) is 25.4 Å². The fourth-order valence-electron chi connectivity index (χ4n) is 1.48. The number of nitrogens with zero attached hydrogens (tertiary/aromatic N) is 2. The van der Waals surface area contributed by atoms with E-state index in [9.17, 15) is 14.9 Å². The maximum Gasteiger partial charge on any atom is 0.326 e. The Kier molecular flexibility index (Phi) is 5.68. The summed E-state index contributed by atoms with van der Waals surface area (Å²) < 4.78 is 4.85. The number of aromatic nitrogens is 1. The molecule has 1 aromatic rings. The quantitative estimate of drug-likeness (QED) is 0.415. The molecule has 1 unspecified atom stereocenters. The maximum atomic E-state index is 11.1. The number of methoxy groups -OCH3 is 1. The fourth-order valence-corrected chi connectivity index (χ4v) is 1.48. The zero-order valence-corrected chi connectivity index (χ0v) is 10.4. The SMILES string of the molecule is COCCCC(Nc1cc([N+](=O)[O-])ccn1)C(=O)O. The van der Waals surface area contributed by atoms with Gasteiger partial charge < -0.3 is 15.2 Å². The van der Waals surface area contributed by atoms with Crippen molar-refractivity contribution in [2.75, 3.05) is 19.0 Å². The highest BCUT2D eigenvalue weighted by atomic mass is 16.6. The Morgan fingerprint density at radius 3 is 3.00 bits per heavy atom. The van der Waals surface area contributed by atoms with Crippen molar-refractivity contribution in [1.82, 2.24) is 4.98 Å². The Labute approximate surface area is 109 Å². The number of rotatable bonds is 8. The van der Waals surface area contributed by atoms with Crippen molar-refractivity contribution in [2.45, 2.75) is 18.9 Å². The van der Waals surface area contributed by atoms with Gasteiger partial charge in [-0.1, -0.05) is 0 Å². The molecule has 1 rings (SSSR count). The lowest BCUT2D eigenvalue weighted by molar-refractivity contribution is -0.384. The predicted molar refractivity (Wildman–Crippen MR) is 67.0 cm³/mol. The van der Waals surface area contributed by atoms with Gasteiger partial charge in [0, 0.05) is 26.0 Å². The van der Waals surface area contributed by atoms with E-state index < -0.39 is 16.9 Å². The number of carboxylic acids is 1. The summed E-state index contributed by atoms with van der Waals surface area (Å²) in [4.78, 5) is 25.0. The van der Waals surface area contributed by atoms with Crippen LogP contribution in [0.1, 0.15) is 12.8 Å². The molecule has 0 aromatic carbocycles. The highest BCUT2D eigenvalue weighted by molar-refractivity contribution is 5.76. The fraction of sp³-hybridized carbons (Fsp3) is 0.455. The number of ether oxygens (including phenoxy) is 1. The monoisotopic (exact) mass is 269 g/mol. The van der Waals surface area contributed by atoms with E-state index in [1.807, 2.05) is 0 Å². The van der Waals surface area contributed by atoms with Gasteiger partial charge in [-0.2, -0.15) is 0 Å². The van der Waals surface area contributed by atoms with Gasteiger partial charge in [0.25, 0.3) is 5.69 Å². The van der Waals surface area contributed by atoms with Gasteiger partial charge in [0.15, 0.2) is 0 Å². The number of aliphatic carboxylic acids is 1. The van der Waals surface area contributed by atoms with Crippen LogP contribution in [0.2, 0.25) is 0 Å². The topological polar surface area (TPSA) is 115 Å². The maximum absolute atomic E-state index is 11.1. The zero-order chi connectivity index (χ0) is 14.3. The third-order valence-corrected chi connectivity index (χ3v) is 2.42. The third kappa shape index (κ3) is 4.88. The summed E-state index contributed by atoms with van der Waals surface area (Å²) in [6.45, 7) is 0.452. The van der Waals surface area contributed by atoms with Crippen LogP contribution >= 0.6 is 0 Å². The van der Waals surface area contributed by atoms with E-state index in [1.54, 1.807) is 0 Å². The van der Waals surface area contributed by atoms with E-state index in [0.29, 0.717) is 19.4 Å². The molecule has 0 saturated heterocycles. The van der Waals surface area contributed by atoms with Crippen molar-refractivity contribution in [3.63, 3.8) is 0 Å². The Bertz CT molecular complexity index is 452. The summed E-state index contributed by atoms with van der Waals surface area (Å²) in [6, 6.07) is 1.59. The van der Waals surface area contributed by atoms with Crippen molar-refractivity contribution in [3.05, 3.63) is 28.4 Å². The van der Waals surface area contributed by atoms with Crippen LogP contribution in [0.25, 0.3) is 0 Å². The molecule has 0 saturated carbocycles. The largest absolute Gasteiger partial charge is 0.480 e. The van der Waals surface area contributed by atoms with Crippen LogP contribution in [0.4, 0.5) is 11.5 Å². The summed E-state index contributed by atoms with van der Waals surface area (Å²) in [5.41, 5.74) is -0.140. The number of pyridine rings is 1. The van der Waals surface area contributed by atoms with Gasteiger partial charge in [-0.05, 0) is 12.8 Å². The summed E-state index contributed by atoms with van der Waals surface area (Å²) in [5.74, 6) is -0.872. The molecule has 19 heavy (non-hydrogen) atoms. The summed E-state index contributed by atoms with van der Waals surface area (Å²) in [5, 5.41) is 22.3. The first-order valence-electron chi connectivity index (χ1n) is 5.63. The minimum Gasteiger partial charge on any atom is -0.480 e.